The number of carbonyl (C=O) groups is 1. The molecule has 57 heavy (non-hydrogen) atoms. The van der Waals surface area contributed by atoms with Crippen molar-refractivity contribution in [2.75, 3.05) is 26.4 Å². The van der Waals surface area contributed by atoms with Crippen molar-refractivity contribution in [3.63, 3.8) is 0 Å². The first-order valence-electron chi connectivity index (χ1n) is 21.7. The maximum Gasteiger partial charge on any atom is 0.303 e. The number of rotatable bonds is 31. The smallest absolute Gasteiger partial charge is 0.303 e. The molecule has 0 spiro atoms. The molecule has 1 aliphatic rings. The van der Waals surface area contributed by atoms with Gasteiger partial charge in [0, 0.05) is 13.5 Å². The lowest BCUT2D eigenvalue weighted by atomic mass is 9.97. The number of hydrogen-bond acceptors (Lipinski definition) is 9. The molecule has 316 valence electrons. The van der Waals surface area contributed by atoms with Crippen LogP contribution in [0.2, 0.25) is 0 Å². The fraction of sp³-hybridized carbons (Fsp3) is 0.604. The van der Waals surface area contributed by atoms with E-state index in [1.54, 1.807) is 0 Å². The van der Waals surface area contributed by atoms with Crippen LogP contribution in [0.4, 0.5) is 0 Å². The van der Waals surface area contributed by atoms with Gasteiger partial charge in [0.25, 0.3) is 0 Å². The van der Waals surface area contributed by atoms with Crippen LogP contribution in [-0.2, 0) is 57.8 Å². The van der Waals surface area contributed by atoms with Crippen molar-refractivity contribution in [3.05, 3.63) is 108 Å². The molecule has 0 radical (unpaired) electrons. The Balaban J connectivity index is 1.29. The molecule has 0 bridgehead atoms. The average molecular weight is 791 g/mol. The fourth-order valence-electron chi connectivity index (χ4n) is 7.13. The Morgan fingerprint density at radius 3 is 1.56 bits per heavy atom. The lowest BCUT2D eigenvalue weighted by molar-refractivity contribution is -0.323. The van der Waals surface area contributed by atoms with Crippen molar-refractivity contribution >= 4 is 5.97 Å². The molecule has 9 nitrogen and oxygen atoms in total. The SMILES string of the molecule is CCCCCCCCCCCCCCCCOC[C@H](O)CO[C@@H]1O[C@H](COCc2ccccc2)[C@@H](OCc2ccccc2)[C@H](OCc2ccccc2)[C@H]1OC(C)=O. The number of esters is 1. The van der Waals surface area contributed by atoms with E-state index in [4.69, 9.17) is 33.2 Å². The highest BCUT2D eigenvalue weighted by atomic mass is 16.7. The highest BCUT2D eigenvalue weighted by Gasteiger charge is 2.50. The number of aliphatic hydroxyl groups excluding tert-OH is 1. The second-order valence-corrected chi connectivity index (χ2v) is 15.3. The van der Waals surface area contributed by atoms with E-state index in [9.17, 15) is 9.90 Å². The summed E-state index contributed by atoms with van der Waals surface area (Å²) in [7, 11) is 0. The molecule has 1 saturated heterocycles. The molecule has 0 unspecified atom stereocenters. The largest absolute Gasteiger partial charge is 0.454 e. The van der Waals surface area contributed by atoms with Crippen LogP contribution in [0, 0.1) is 0 Å². The molecule has 6 atom stereocenters. The van der Waals surface area contributed by atoms with E-state index in [-0.39, 0.29) is 33.0 Å². The zero-order chi connectivity index (χ0) is 40.2. The van der Waals surface area contributed by atoms with Crippen molar-refractivity contribution in [2.24, 2.45) is 0 Å². The number of hydrogen-bond donors (Lipinski definition) is 1. The lowest BCUT2D eigenvalue weighted by Crippen LogP contribution is -2.62. The second kappa shape index (κ2) is 29.1. The van der Waals surface area contributed by atoms with Gasteiger partial charge in [0.2, 0.25) is 0 Å². The third kappa shape index (κ3) is 19.4. The summed E-state index contributed by atoms with van der Waals surface area (Å²) in [6.07, 6.45) is 13.1. The van der Waals surface area contributed by atoms with Gasteiger partial charge in [0.05, 0.1) is 39.6 Å². The summed E-state index contributed by atoms with van der Waals surface area (Å²) in [5.41, 5.74) is 2.95. The topological polar surface area (TPSA) is 102 Å². The predicted octanol–water partition coefficient (Wildman–Crippen LogP) is 9.91. The minimum Gasteiger partial charge on any atom is -0.454 e. The first-order valence-corrected chi connectivity index (χ1v) is 21.7. The minimum atomic E-state index is -1.06. The van der Waals surface area contributed by atoms with Crippen LogP contribution in [0.5, 0.6) is 0 Å². The van der Waals surface area contributed by atoms with Gasteiger partial charge in [-0.1, -0.05) is 181 Å². The highest BCUT2D eigenvalue weighted by Crippen LogP contribution is 2.31. The van der Waals surface area contributed by atoms with E-state index in [1.807, 2.05) is 91.0 Å². The number of unbranched alkanes of at least 4 members (excludes halogenated alkanes) is 13. The summed E-state index contributed by atoms with van der Waals surface area (Å²) in [5, 5.41) is 10.9. The van der Waals surface area contributed by atoms with Gasteiger partial charge in [0.15, 0.2) is 12.4 Å². The van der Waals surface area contributed by atoms with E-state index >= 15 is 0 Å². The van der Waals surface area contributed by atoms with Crippen LogP contribution in [0.15, 0.2) is 91.0 Å². The van der Waals surface area contributed by atoms with Crippen LogP contribution in [-0.4, -0.2) is 74.3 Å². The van der Waals surface area contributed by atoms with E-state index in [2.05, 4.69) is 6.92 Å². The molecule has 3 aromatic carbocycles. The van der Waals surface area contributed by atoms with E-state index in [0.717, 1.165) is 29.5 Å². The van der Waals surface area contributed by atoms with Crippen LogP contribution in [0.1, 0.15) is 120 Å². The predicted molar refractivity (Wildman–Crippen MR) is 223 cm³/mol. The van der Waals surface area contributed by atoms with Crippen LogP contribution in [0.25, 0.3) is 0 Å². The number of carbonyl (C=O) groups excluding carboxylic acids is 1. The van der Waals surface area contributed by atoms with Gasteiger partial charge in [0.1, 0.15) is 24.4 Å². The molecule has 0 amide bonds. The molecule has 1 heterocycles. The zero-order valence-corrected chi connectivity index (χ0v) is 34.7. The van der Waals surface area contributed by atoms with Crippen molar-refractivity contribution in [1.29, 1.82) is 0 Å². The molecule has 1 fully saturated rings. The number of ether oxygens (including phenoxy) is 7. The van der Waals surface area contributed by atoms with E-state index < -0.39 is 42.8 Å². The van der Waals surface area contributed by atoms with Gasteiger partial charge in [-0.05, 0) is 23.1 Å². The number of aliphatic hydroxyl groups is 1. The summed E-state index contributed by atoms with van der Waals surface area (Å²) < 4.78 is 43.8. The molecular weight excluding hydrogens is 721 g/mol. The molecule has 0 saturated carbocycles. The Bertz CT molecular complexity index is 1410. The normalized spacial score (nSPS) is 20.0. The third-order valence-corrected chi connectivity index (χ3v) is 10.3. The molecule has 1 N–H and O–H groups in total. The van der Waals surface area contributed by atoms with E-state index in [0.29, 0.717) is 13.2 Å². The minimum absolute atomic E-state index is 0.0836. The average Bonchev–Trinajstić information content (AvgIpc) is 3.23. The summed E-state index contributed by atoms with van der Waals surface area (Å²) in [6, 6.07) is 29.6. The van der Waals surface area contributed by atoms with Crippen LogP contribution in [0.3, 0.4) is 0 Å². The van der Waals surface area contributed by atoms with Crippen molar-refractivity contribution in [1.82, 2.24) is 0 Å². The standard InChI is InChI=1S/C48H70O9/c1-3-4-5-6-7-8-9-10-11-12-13-14-15-25-32-51-36-43(50)37-55-48-47(56-39(2)49)46(54-35-42-30-23-18-24-31-42)45(53-34-41-28-21-17-22-29-41)44(57-48)38-52-33-40-26-19-16-20-27-40/h16-24,26-31,43-48,50H,3-15,25,32-38H2,1-2H3/t43-,44+,45+,46-,47+,48+/m0/s1. The van der Waals surface area contributed by atoms with Crippen LogP contribution >= 0.6 is 0 Å². The highest BCUT2D eigenvalue weighted by molar-refractivity contribution is 5.66. The van der Waals surface area contributed by atoms with Gasteiger partial charge >= 0.3 is 5.97 Å². The lowest BCUT2D eigenvalue weighted by Gasteiger charge is -2.45. The molecular formula is C48H70O9. The van der Waals surface area contributed by atoms with Gasteiger partial charge in [-0.15, -0.1) is 0 Å². The fourth-order valence-corrected chi connectivity index (χ4v) is 7.13. The Morgan fingerprint density at radius 1 is 0.579 bits per heavy atom. The summed E-state index contributed by atoms with van der Waals surface area (Å²) in [5.74, 6) is -0.511. The second-order valence-electron chi connectivity index (χ2n) is 15.3. The van der Waals surface area contributed by atoms with Crippen molar-refractivity contribution in [2.45, 2.75) is 160 Å². The van der Waals surface area contributed by atoms with Gasteiger partial charge in [-0.3, -0.25) is 4.79 Å². The quantitative estimate of drug-likeness (QED) is 0.0504. The van der Waals surface area contributed by atoms with Crippen molar-refractivity contribution < 1.29 is 43.1 Å². The van der Waals surface area contributed by atoms with Gasteiger partial charge < -0.3 is 38.3 Å². The Morgan fingerprint density at radius 2 is 1.05 bits per heavy atom. The molecule has 9 heteroatoms. The monoisotopic (exact) mass is 791 g/mol. The molecule has 1 aliphatic heterocycles. The summed E-state index contributed by atoms with van der Waals surface area (Å²) in [6.45, 7) is 5.31. The molecule has 4 rings (SSSR count). The van der Waals surface area contributed by atoms with Crippen molar-refractivity contribution in [3.8, 4) is 0 Å². The maximum absolute atomic E-state index is 12.6. The van der Waals surface area contributed by atoms with Crippen LogP contribution < -0.4 is 0 Å². The Hall–Kier alpha value is -3.15. The zero-order valence-electron chi connectivity index (χ0n) is 34.7. The third-order valence-electron chi connectivity index (χ3n) is 10.3. The Kier molecular flexibility index (Phi) is 23.8. The Labute approximate surface area is 342 Å². The molecule has 0 aromatic heterocycles. The van der Waals surface area contributed by atoms with E-state index in [1.165, 1.54) is 84.0 Å². The first-order chi connectivity index (χ1) is 28.0. The molecule has 3 aromatic rings. The van der Waals surface area contributed by atoms with Gasteiger partial charge in [-0.25, -0.2) is 0 Å². The maximum atomic E-state index is 12.6. The summed E-state index contributed by atoms with van der Waals surface area (Å²) in [4.78, 5) is 12.6. The first kappa shape index (κ1) is 46.5. The number of benzene rings is 3. The molecule has 0 aliphatic carbocycles. The van der Waals surface area contributed by atoms with Gasteiger partial charge in [-0.2, -0.15) is 0 Å². The summed E-state index contributed by atoms with van der Waals surface area (Å²) >= 11 is 0.